The van der Waals surface area contributed by atoms with Gasteiger partial charge in [-0.1, -0.05) is 42.5 Å². The molecule has 3 N–H and O–H groups in total. The average molecular weight is 259 g/mol. The summed E-state index contributed by atoms with van der Waals surface area (Å²) in [6, 6.07) is 21.6. The van der Waals surface area contributed by atoms with Gasteiger partial charge in [0, 0.05) is 11.4 Å². The summed E-state index contributed by atoms with van der Waals surface area (Å²) in [5, 5.41) is 9.30. The molecular weight excluding hydrogens is 246 g/mol. The van der Waals surface area contributed by atoms with E-state index >= 15 is 0 Å². The highest BCUT2D eigenvalue weighted by Crippen LogP contribution is 2.28. The van der Waals surface area contributed by atoms with Gasteiger partial charge in [-0.3, -0.25) is 0 Å². The molecule has 1 aromatic heterocycles. The number of H-pyrrole nitrogens is 1. The van der Waals surface area contributed by atoms with Crippen LogP contribution in [0.1, 0.15) is 5.56 Å². The zero-order valence-corrected chi connectivity index (χ0v) is 10.8. The summed E-state index contributed by atoms with van der Waals surface area (Å²) in [6.45, 7) is 0. The molecule has 0 saturated heterocycles. The van der Waals surface area contributed by atoms with Crippen molar-refractivity contribution in [1.29, 1.82) is 5.26 Å². The van der Waals surface area contributed by atoms with Crippen molar-refractivity contribution in [3.63, 3.8) is 0 Å². The lowest BCUT2D eigenvalue weighted by Crippen LogP contribution is -1.85. The molecule has 3 aromatic rings. The zero-order valence-electron chi connectivity index (χ0n) is 10.8. The number of nitrogens with zero attached hydrogens (tertiary/aromatic N) is 1. The SMILES string of the molecule is N#Cc1cc(-c2ccccc2)[nH]c1-c1ccc(N)cc1. The maximum absolute atomic E-state index is 9.30. The number of hydrogen-bond donors (Lipinski definition) is 2. The number of aromatic amines is 1. The van der Waals surface area contributed by atoms with E-state index in [1.54, 1.807) is 0 Å². The lowest BCUT2D eigenvalue weighted by atomic mass is 10.1. The molecule has 96 valence electrons. The van der Waals surface area contributed by atoms with Gasteiger partial charge in [0.25, 0.3) is 0 Å². The standard InChI is InChI=1S/C17H13N3/c18-11-14-10-16(12-4-2-1-3-5-12)20-17(14)13-6-8-15(19)9-7-13/h1-10,20H,19H2. The largest absolute Gasteiger partial charge is 0.399 e. The molecule has 2 aromatic carbocycles. The van der Waals surface area contributed by atoms with E-state index in [1.807, 2.05) is 60.7 Å². The van der Waals surface area contributed by atoms with Gasteiger partial charge in [-0.05, 0) is 29.3 Å². The van der Waals surface area contributed by atoms with E-state index in [0.717, 1.165) is 22.5 Å². The molecule has 0 aliphatic rings. The van der Waals surface area contributed by atoms with Crippen LogP contribution in [-0.4, -0.2) is 4.98 Å². The first-order valence-corrected chi connectivity index (χ1v) is 6.32. The quantitative estimate of drug-likeness (QED) is 0.687. The van der Waals surface area contributed by atoms with Crippen molar-refractivity contribution in [3.05, 3.63) is 66.2 Å². The van der Waals surface area contributed by atoms with Crippen molar-refractivity contribution in [2.24, 2.45) is 0 Å². The van der Waals surface area contributed by atoms with Crippen LogP contribution in [0.3, 0.4) is 0 Å². The molecule has 0 aliphatic carbocycles. The minimum Gasteiger partial charge on any atom is -0.399 e. The molecule has 0 radical (unpaired) electrons. The Morgan fingerprint density at radius 2 is 1.60 bits per heavy atom. The minimum absolute atomic E-state index is 0.633. The third kappa shape index (κ3) is 2.15. The summed E-state index contributed by atoms with van der Waals surface area (Å²) in [5.41, 5.74) is 10.8. The van der Waals surface area contributed by atoms with E-state index in [2.05, 4.69) is 11.1 Å². The first kappa shape index (κ1) is 12.1. The van der Waals surface area contributed by atoms with Crippen molar-refractivity contribution >= 4 is 5.69 Å². The lowest BCUT2D eigenvalue weighted by molar-refractivity contribution is 1.38. The van der Waals surface area contributed by atoms with Crippen LogP contribution in [0.2, 0.25) is 0 Å². The molecule has 0 bridgehead atoms. The van der Waals surface area contributed by atoms with Crippen molar-refractivity contribution in [3.8, 4) is 28.6 Å². The van der Waals surface area contributed by atoms with Crippen molar-refractivity contribution in [2.45, 2.75) is 0 Å². The van der Waals surface area contributed by atoms with Crippen molar-refractivity contribution in [1.82, 2.24) is 4.98 Å². The average Bonchev–Trinajstić information content (AvgIpc) is 2.93. The van der Waals surface area contributed by atoms with E-state index < -0.39 is 0 Å². The maximum Gasteiger partial charge on any atom is 0.101 e. The minimum atomic E-state index is 0.633. The van der Waals surface area contributed by atoms with E-state index in [0.29, 0.717) is 11.3 Å². The fourth-order valence-electron chi connectivity index (χ4n) is 2.19. The molecule has 1 heterocycles. The molecule has 0 amide bonds. The second-order valence-electron chi connectivity index (χ2n) is 4.57. The van der Waals surface area contributed by atoms with Crippen LogP contribution in [0.25, 0.3) is 22.5 Å². The molecule has 0 unspecified atom stereocenters. The topological polar surface area (TPSA) is 65.6 Å². The number of benzene rings is 2. The smallest absolute Gasteiger partial charge is 0.101 e. The third-order valence-corrected chi connectivity index (χ3v) is 3.22. The number of hydrogen-bond acceptors (Lipinski definition) is 2. The number of nitriles is 1. The molecule has 20 heavy (non-hydrogen) atoms. The highest BCUT2D eigenvalue weighted by Gasteiger charge is 2.10. The van der Waals surface area contributed by atoms with Gasteiger partial charge < -0.3 is 10.7 Å². The molecule has 0 saturated carbocycles. The van der Waals surface area contributed by atoms with Gasteiger partial charge in [0.15, 0.2) is 0 Å². The number of rotatable bonds is 2. The monoisotopic (exact) mass is 259 g/mol. The Morgan fingerprint density at radius 3 is 2.25 bits per heavy atom. The Kier molecular flexibility index (Phi) is 2.98. The molecule has 0 aliphatic heterocycles. The maximum atomic E-state index is 9.30. The van der Waals surface area contributed by atoms with E-state index in [-0.39, 0.29) is 0 Å². The Labute approximate surface area is 117 Å². The predicted octanol–water partition coefficient (Wildman–Crippen LogP) is 3.80. The van der Waals surface area contributed by atoms with E-state index in [9.17, 15) is 5.26 Å². The van der Waals surface area contributed by atoms with Gasteiger partial charge in [-0.2, -0.15) is 5.26 Å². The van der Waals surface area contributed by atoms with Crippen LogP contribution in [0.15, 0.2) is 60.7 Å². The van der Waals surface area contributed by atoms with Crippen LogP contribution < -0.4 is 5.73 Å². The van der Waals surface area contributed by atoms with E-state index in [1.165, 1.54) is 0 Å². The van der Waals surface area contributed by atoms with Gasteiger partial charge in [0.2, 0.25) is 0 Å². The molecule has 0 atom stereocenters. The summed E-state index contributed by atoms with van der Waals surface area (Å²) in [6.07, 6.45) is 0. The number of nitrogens with two attached hydrogens (primary N) is 1. The van der Waals surface area contributed by atoms with Crippen LogP contribution in [0, 0.1) is 11.3 Å². The molecule has 3 heteroatoms. The highest BCUT2D eigenvalue weighted by molar-refractivity contribution is 5.75. The number of nitrogen functional groups attached to an aromatic ring is 1. The van der Waals surface area contributed by atoms with Gasteiger partial charge in [-0.15, -0.1) is 0 Å². The van der Waals surface area contributed by atoms with Gasteiger partial charge in [0.1, 0.15) is 6.07 Å². The number of aromatic nitrogens is 1. The van der Waals surface area contributed by atoms with E-state index in [4.69, 9.17) is 5.73 Å². The molecule has 0 fully saturated rings. The van der Waals surface area contributed by atoms with Gasteiger partial charge in [-0.25, -0.2) is 0 Å². The summed E-state index contributed by atoms with van der Waals surface area (Å²) >= 11 is 0. The van der Waals surface area contributed by atoms with Crippen LogP contribution in [0.4, 0.5) is 5.69 Å². The molecule has 3 nitrogen and oxygen atoms in total. The molecule has 0 spiro atoms. The van der Waals surface area contributed by atoms with Crippen LogP contribution in [-0.2, 0) is 0 Å². The van der Waals surface area contributed by atoms with Gasteiger partial charge >= 0.3 is 0 Å². The summed E-state index contributed by atoms with van der Waals surface area (Å²) in [7, 11) is 0. The first-order valence-electron chi connectivity index (χ1n) is 6.32. The Morgan fingerprint density at radius 1 is 0.900 bits per heavy atom. The van der Waals surface area contributed by atoms with Gasteiger partial charge in [0.05, 0.1) is 11.3 Å². The fourth-order valence-corrected chi connectivity index (χ4v) is 2.19. The normalized spacial score (nSPS) is 10.2. The second kappa shape index (κ2) is 4.94. The lowest BCUT2D eigenvalue weighted by Gasteiger charge is -2.01. The number of anilines is 1. The summed E-state index contributed by atoms with van der Waals surface area (Å²) in [4.78, 5) is 3.32. The Hall–Kier alpha value is -2.99. The van der Waals surface area contributed by atoms with Crippen LogP contribution in [0.5, 0.6) is 0 Å². The molecule has 3 rings (SSSR count). The summed E-state index contributed by atoms with van der Waals surface area (Å²) in [5.74, 6) is 0. The Bertz CT molecular complexity index is 762. The predicted molar refractivity (Wildman–Crippen MR) is 80.8 cm³/mol. The summed E-state index contributed by atoms with van der Waals surface area (Å²) < 4.78 is 0. The van der Waals surface area contributed by atoms with Crippen LogP contribution >= 0.6 is 0 Å². The number of nitrogens with one attached hydrogen (secondary N) is 1. The highest BCUT2D eigenvalue weighted by atomic mass is 14.7. The fraction of sp³-hybridized carbons (Fsp3) is 0. The second-order valence-corrected chi connectivity index (χ2v) is 4.57. The van der Waals surface area contributed by atoms with Crippen molar-refractivity contribution in [2.75, 3.05) is 5.73 Å². The zero-order chi connectivity index (χ0) is 13.9. The molecular formula is C17H13N3. The van der Waals surface area contributed by atoms with Crippen molar-refractivity contribution < 1.29 is 0 Å². The Balaban J connectivity index is 2.11. The third-order valence-electron chi connectivity index (χ3n) is 3.22. The first-order chi connectivity index (χ1) is 9.78.